The zero-order valence-electron chi connectivity index (χ0n) is 13.5. The summed E-state index contributed by atoms with van der Waals surface area (Å²) in [6, 6.07) is 4.81. The smallest absolute Gasteiger partial charge is 0.338 e. The first-order chi connectivity index (χ1) is 11.0. The minimum Gasteiger partial charge on any atom is -0.452 e. The minimum atomic E-state index is -0.658. The number of ether oxygens (including phenoxy) is 1. The lowest BCUT2D eigenvalue weighted by atomic mass is 9.90. The molecule has 6 nitrogen and oxygen atoms in total. The number of nitrogens with one attached hydrogen (secondary N) is 2. The molecule has 0 heterocycles. The van der Waals surface area contributed by atoms with Gasteiger partial charge in [-0.1, -0.05) is 6.07 Å². The number of benzene rings is 1. The van der Waals surface area contributed by atoms with Crippen molar-refractivity contribution in [2.45, 2.75) is 45.6 Å². The molecule has 1 aliphatic carbocycles. The Hall–Kier alpha value is -2.37. The number of urea groups is 1. The van der Waals surface area contributed by atoms with Gasteiger partial charge in [0.1, 0.15) is 0 Å². The Bertz CT molecular complexity index is 611. The van der Waals surface area contributed by atoms with Gasteiger partial charge in [0.25, 0.3) is 5.91 Å². The Kier molecular flexibility index (Phi) is 5.73. The molecule has 6 heteroatoms. The Morgan fingerprint density at radius 1 is 1.13 bits per heavy atom. The number of esters is 1. The van der Waals surface area contributed by atoms with Gasteiger partial charge in [-0.15, -0.1) is 0 Å². The molecule has 0 saturated carbocycles. The topological polar surface area (TPSA) is 84.5 Å². The van der Waals surface area contributed by atoms with Crippen LogP contribution in [0.2, 0.25) is 0 Å². The fourth-order valence-corrected chi connectivity index (χ4v) is 2.54. The second-order valence-corrected chi connectivity index (χ2v) is 5.94. The van der Waals surface area contributed by atoms with Crippen molar-refractivity contribution in [3.8, 4) is 0 Å². The van der Waals surface area contributed by atoms with Crippen LogP contribution in [0.3, 0.4) is 0 Å². The van der Waals surface area contributed by atoms with Crippen molar-refractivity contribution in [3.63, 3.8) is 0 Å². The van der Waals surface area contributed by atoms with Crippen LogP contribution in [0.4, 0.5) is 4.79 Å². The summed E-state index contributed by atoms with van der Waals surface area (Å²) in [6.07, 6.45) is 4.30. The summed E-state index contributed by atoms with van der Waals surface area (Å²) in [5.74, 6) is -1.22. The van der Waals surface area contributed by atoms with Gasteiger partial charge in [0.15, 0.2) is 6.61 Å². The average Bonchev–Trinajstić information content (AvgIpc) is 2.51. The molecule has 1 aromatic rings. The molecular formula is C17H22N2O4. The number of amides is 3. The third-order valence-corrected chi connectivity index (χ3v) is 3.59. The summed E-state index contributed by atoms with van der Waals surface area (Å²) in [6.45, 7) is 3.07. The molecule has 0 spiro atoms. The van der Waals surface area contributed by atoms with Crippen LogP contribution in [0.5, 0.6) is 0 Å². The molecule has 0 atom stereocenters. The standard InChI is InChI=1S/C17H22N2O4/c1-11(2)18-17(22)19-15(20)10-23-16(21)14-8-7-12-5-3-4-6-13(12)9-14/h7-9,11H,3-6,10H2,1-2H3,(H2,18,19,20,22). The second-order valence-electron chi connectivity index (χ2n) is 5.94. The van der Waals surface area contributed by atoms with Crippen LogP contribution in [0, 0.1) is 0 Å². The average molecular weight is 318 g/mol. The molecule has 2 rings (SSSR count). The van der Waals surface area contributed by atoms with Crippen LogP contribution in [0.1, 0.15) is 48.2 Å². The first kappa shape index (κ1) is 17.0. The molecule has 0 unspecified atom stereocenters. The van der Waals surface area contributed by atoms with Crippen molar-refractivity contribution in [2.75, 3.05) is 6.61 Å². The van der Waals surface area contributed by atoms with E-state index >= 15 is 0 Å². The number of carbonyl (C=O) groups is 3. The highest BCUT2D eigenvalue weighted by Crippen LogP contribution is 2.22. The van der Waals surface area contributed by atoms with Crippen molar-refractivity contribution in [2.24, 2.45) is 0 Å². The lowest BCUT2D eigenvalue weighted by Gasteiger charge is -2.16. The van der Waals surface area contributed by atoms with E-state index in [1.165, 1.54) is 17.5 Å². The van der Waals surface area contributed by atoms with Crippen LogP contribution in [0.25, 0.3) is 0 Å². The summed E-state index contributed by atoms with van der Waals surface area (Å²) in [4.78, 5) is 34.9. The van der Waals surface area contributed by atoms with Crippen LogP contribution in [-0.4, -0.2) is 30.6 Å². The van der Waals surface area contributed by atoms with E-state index < -0.39 is 24.5 Å². The van der Waals surface area contributed by atoms with E-state index in [1.807, 2.05) is 12.1 Å². The molecule has 1 aliphatic rings. The van der Waals surface area contributed by atoms with Crippen LogP contribution < -0.4 is 10.6 Å². The van der Waals surface area contributed by atoms with Gasteiger partial charge in [0.2, 0.25) is 0 Å². The van der Waals surface area contributed by atoms with E-state index in [0.717, 1.165) is 19.3 Å². The monoisotopic (exact) mass is 318 g/mol. The normalized spacial score (nSPS) is 13.2. The van der Waals surface area contributed by atoms with Crippen LogP contribution in [0.15, 0.2) is 18.2 Å². The molecule has 3 amide bonds. The third-order valence-electron chi connectivity index (χ3n) is 3.59. The molecule has 0 aliphatic heterocycles. The molecule has 0 fully saturated rings. The fourth-order valence-electron chi connectivity index (χ4n) is 2.54. The van der Waals surface area contributed by atoms with E-state index in [1.54, 1.807) is 19.9 Å². The van der Waals surface area contributed by atoms with Crippen LogP contribution in [-0.2, 0) is 22.4 Å². The van der Waals surface area contributed by atoms with Gasteiger partial charge >= 0.3 is 12.0 Å². The quantitative estimate of drug-likeness (QED) is 0.831. The predicted octanol–water partition coefficient (Wildman–Crippen LogP) is 1.96. The van der Waals surface area contributed by atoms with Crippen molar-refractivity contribution < 1.29 is 19.1 Å². The zero-order valence-corrected chi connectivity index (χ0v) is 13.5. The Labute approximate surface area is 135 Å². The Morgan fingerprint density at radius 2 is 1.83 bits per heavy atom. The summed E-state index contributed by atoms with van der Waals surface area (Å²) in [5.41, 5.74) is 2.88. The predicted molar refractivity (Wildman–Crippen MR) is 85.2 cm³/mol. The van der Waals surface area contributed by atoms with Crippen molar-refractivity contribution in [3.05, 3.63) is 34.9 Å². The van der Waals surface area contributed by atoms with E-state index in [2.05, 4.69) is 10.6 Å². The Balaban J connectivity index is 1.85. The number of hydrogen-bond acceptors (Lipinski definition) is 4. The largest absolute Gasteiger partial charge is 0.452 e. The van der Waals surface area contributed by atoms with Gasteiger partial charge in [-0.2, -0.15) is 0 Å². The molecule has 0 radical (unpaired) electrons. The molecule has 23 heavy (non-hydrogen) atoms. The van der Waals surface area contributed by atoms with Gasteiger partial charge in [-0.25, -0.2) is 9.59 Å². The zero-order chi connectivity index (χ0) is 16.8. The third kappa shape index (κ3) is 5.09. The summed E-state index contributed by atoms with van der Waals surface area (Å²) >= 11 is 0. The molecule has 0 aromatic heterocycles. The summed E-state index contributed by atoms with van der Waals surface area (Å²) in [5, 5.41) is 4.62. The minimum absolute atomic E-state index is 0.0826. The number of rotatable bonds is 4. The molecule has 124 valence electrons. The highest BCUT2D eigenvalue weighted by molar-refractivity contribution is 5.97. The number of fused-ring (bicyclic) bond motifs is 1. The van der Waals surface area contributed by atoms with Gasteiger partial charge < -0.3 is 10.1 Å². The number of hydrogen-bond donors (Lipinski definition) is 2. The summed E-state index contributed by atoms with van der Waals surface area (Å²) in [7, 11) is 0. The first-order valence-corrected chi connectivity index (χ1v) is 7.85. The maximum Gasteiger partial charge on any atom is 0.338 e. The highest BCUT2D eigenvalue weighted by atomic mass is 16.5. The SMILES string of the molecule is CC(C)NC(=O)NC(=O)COC(=O)c1ccc2c(c1)CCCC2. The van der Waals surface area contributed by atoms with Gasteiger partial charge in [0.05, 0.1) is 5.56 Å². The van der Waals surface area contributed by atoms with Gasteiger partial charge in [0, 0.05) is 6.04 Å². The molecular weight excluding hydrogens is 296 g/mol. The van der Waals surface area contributed by atoms with Crippen LogP contribution >= 0.6 is 0 Å². The summed E-state index contributed by atoms with van der Waals surface area (Å²) < 4.78 is 4.96. The Morgan fingerprint density at radius 3 is 2.52 bits per heavy atom. The second kappa shape index (κ2) is 7.76. The maximum absolute atomic E-state index is 12.0. The fraction of sp³-hybridized carbons (Fsp3) is 0.471. The number of carbonyl (C=O) groups excluding carboxylic acids is 3. The molecule has 0 saturated heterocycles. The first-order valence-electron chi connectivity index (χ1n) is 7.85. The maximum atomic E-state index is 12.0. The van der Waals surface area contributed by atoms with E-state index in [0.29, 0.717) is 5.56 Å². The van der Waals surface area contributed by atoms with Gasteiger partial charge in [-0.3, -0.25) is 10.1 Å². The number of imide groups is 1. The molecule has 2 N–H and O–H groups in total. The molecule has 0 bridgehead atoms. The van der Waals surface area contributed by atoms with Crippen molar-refractivity contribution >= 4 is 17.9 Å². The van der Waals surface area contributed by atoms with Crippen molar-refractivity contribution in [1.82, 2.24) is 10.6 Å². The number of aryl methyl sites for hydroxylation is 2. The lowest BCUT2D eigenvalue weighted by Crippen LogP contribution is -2.44. The lowest BCUT2D eigenvalue weighted by molar-refractivity contribution is -0.123. The molecule has 1 aromatic carbocycles. The van der Waals surface area contributed by atoms with Gasteiger partial charge in [-0.05, 0) is 62.8 Å². The van der Waals surface area contributed by atoms with E-state index in [-0.39, 0.29) is 6.04 Å². The van der Waals surface area contributed by atoms with E-state index in [9.17, 15) is 14.4 Å². The van der Waals surface area contributed by atoms with E-state index in [4.69, 9.17) is 4.74 Å². The van der Waals surface area contributed by atoms with Crippen molar-refractivity contribution in [1.29, 1.82) is 0 Å². The highest BCUT2D eigenvalue weighted by Gasteiger charge is 2.15.